The van der Waals surface area contributed by atoms with Crippen molar-refractivity contribution in [3.05, 3.63) is 23.8 Å². The Kier molecular flexibility index (Phi) is 3.54. The molecule has 4 rings (SSSR count). The second kappa shape index (κ2) is 5.68. The van der Waals surface area contributed by atoms with E-state index in [-0.39, 0.29) is 6.03 Å². The van der Waals surface area contributed by atoms with Crippen molar-refractivity contribution in [2.45, 2.75) is 25.4 Å². The Morgan fingerprint density at radius 1 is 1.27 bits per heavy atom. The average molecular weight is 303 g/mol. The summed E-state index contributed by atoms with van der Waals surface area (Å²) in [6, 6.07) is 6.46. The van der Waals surface area contributed by atoms with E-state index in [4.69, 9.17) is 9.47 Å². The third-order valence-electron chi connectivity index (χ3n) is 4.68. The third-order valence-corrected chi connectivity index (χ3v) is 4.68. The molecule has 0 spiro atoms. The highest BCUT2D eigenvalue weighted by atomic mass is 16.7. The van der Waals surface area contributed by atoms with Crippen LogP contribution in [0.15, 0.2) is 18.2 Å². The summed E-state index contributed by atoms with van der Waals surface area (Å²) in [5.74, 6) is 1.72. The van der Waals surface area contributed by atoms with Gasteiger partial charge < -0.3 is 19.7 Å². The molecule has 118 valence electrons. The number of nitrogens with one attached hydrogen (secondary N) is 1. The van der Waals surface area contributed by atoms with Crippen LogP contribution in [0, 0.1) is 0 Å². The largest absolute Gasteiger partial charge is 0.454 e. The topological polar surface area (TPSA) is 54.0 Å². The molecule has 2 fully saturated rings. The van der Waals surface area contributed by atoms with Crippen LogP contribution in [-0.2, 0) is 6.54 Å². The summed E-state index contributed by atoms with van der Waals surface area (Å²) in [6.07, 6.45) is 2.22. The van der Waals surface area contributed by atoms with E-state index < -0.39 is 0 Å². The van der Waals surface area contributed by atoms with E-state index in [9.17, 15) is 4.79 Å². The fourth-order valence-electron chi connectivity index (χ4n) is 3.62. The van der Waals surface area contributed by atoms with Crippen LogP contribution in [0.3, 0.4) is 0 Å². The summed E-state index contributed by atoms with van der Waals surface area (Å²) in [4.78, 5) is 16.3. The van der Waals surface area contributed by atoms with Crippen molar-refractivity contribution in [2.24, 2.45) is 0 Å². The molecule has 6 heteroatoms. The van der Waals surface area contributed by atoms with Crippen molar-refractivity contribution in [3.8, 4) is 11.5 Å². The number of piperidine rings is 1. The molecule has 0 saturated carbocycles. The minimum atomic E-state index is 0.0872. The van der Waals surface area contributed by atoms with E-state index in [1.54, 1.807) is 0 Å². The lowest BCUT2D eigenvalue weighted by Crippen LogP contribution is -2.48. The van der Waals surface area contributed by atoms with E-state index in [1.807, 2.05) is 17.0 Å². The molecule has 2 saturated heterocycles. The zero-order chi connectivity index (χ0) is 14.9. The highest BCUT2D eigenvalue weighted by molar-refractivity contribution is 5.76. The molecule has 6 nitrogen and oxygen atoms in total. The lowest BCUT2D eigenvalue weighted by molar-refractivity contribution is 0.120. The molecular weight excluding hydrogens is 282 g/mol. The Labute approximate surface area is 130 Å². The zero-order valence-electron chi connectivity index (χ0n) is 12.6. The molecule has 1 aromatic rings. The number of rotatable bonds is 3. The number of benzene rings is 1. The van der Waals surface area contributed by atoms with Crippen LogP contribution in [0.4, 0.5) is 4.79 Å². The van der Waals surface area contributed by atoms with Gasteiger partial charge in [-0.25, -0.2) is 4.79 Å². The fourth-order valence-corrected chi connectivity index (χ4v) is 3.62. The molecule has 0 aliphatic carbocycles. The van der Waals surface area contributed by atoms with Crippen LogP contribution < -0.4 is 14.8 Å². The Morgan fingerprint density at radius 3 is 3.09 bits per heavy atom. The summed E-state index contributed by atoms with van der Waals surface area (Å²) in [6.45, 7) is 4.75. The molecule has 0 bridgehead atoms. The number of para-hydroxylation sites is 1. The first-order valence-corrected chi connectivity index (χ1v) is 7.95. The van der Waals surface area contributed by atoms with Crippen molar-refractivity contribution in [1.82, 2.24) is 15.1 Å². The molecule has 3 aliphatic heterocycles. The molecule has 3 aliphatic rings. The summed E-state index contributed by atoms with van der Waals surface area (Å²) in [5.41, 5.74) is 1.17. The molecule has 1 aromatic carbocycles. The standard InChI is InChI=1S/C16H21N3O3/c20-16-17-6-8-19(16)13-4-2-7-18(10-13)9-12-3-1-5-14-15(12)22-11-21-14/h1,3,5,13H,2,4,6-11H2,(H,17,20). The number of fused-ring (bicyclic) bond motifs is 1. The van der Waals surface area contributed by atoms with Gasteiger partial charge in [-0.05, 0) is 25.5 Å². The number of likely N-dealkylation sites (tertiary alicyclic amines) is 1. The van der Waals surface area contributed by atoms with Crippen molar-refractivity contribution >= 4 is 6.03 Å². The summed E-state index contributed by atoms with van der Waals surface area (Å²) in [5, 5.41) is 2.90. The molecule has 3 heterocycles. The predicted molar refractivity (Wildman–Crippen MR) is 81.0 cm³/mol. The first-order valence-electron chi connectivity index (χ1n) is 7.95. The number of hydrogen-bond donors (Lipinski definition) is 1. The van der Waals surface area contributed by atoms with Gasteiger partial charge in [-0.1, -0.05) is 12.1 Å². The molecule has 22 heavy (non-hydrogen) atoms. The van der Waals surface area contributed by atoms with Gasteiger partial charge in [0, 0.05) is 37.8 Å². The maximum Gasteiger partial charge on any atom is 0.317 e. The number of urea groups is 1. The molecule has 1 unspecified atom stereocenters. The molecule has 2 amide bonds. The summed E-state index contributed by atoms with van der Waals surface area (Å²) in [7, 11) is 0. The molecule has 0 aromatic heterocycles. The number of carbonyl (C=O) groups is 1. The van der Waals surface area contributed by atoms with Crippen molar-refractivity contribution in [1.29, 1.82) is 0 Å². The van der Waals surface area contributed by atoms with Crippen LogP contribution in [0.25, 0.3) is 0 Å². The maximum absolute atomic E-state index is 11.9. The van der Waals surface area contributed by atoms with Crippen molar-refractivity contribution < 1.29 is 14.3 Å². The van der Waals surface area contributed by atoms with Crippen LogP contribution in [-0.4, -0.2) is 54.8 Å². The quantitative estimate of drug-likeness (QED) is 0.917. The summed E-state index contributed by atoms with van der Waals surface area (Å²) >= 11 is 0. The lowest BCUT2D eigenvalue weighted by Gasteiger charge is -2.37. The van der Waals surface area contributed by atoms with Crippen LogP contribution in [0.1, 0.15) is 18.4 Å². The highest BCUT2D eigenvalue weighted by Crippen LogP contribution is 2.36. The van der Waals surface area contributed by atoms with Gasteiger partial charge in [0.15, 0.2) is 11.5 Å². The third kappa shape index (κ3) is 2.47. The first kappa shape index (κ1) is 13.7. The first-order chi connectivity index (χ1) is 10.8. The second-order valence-electron chi connectivity index (χ2n) is 6.11. The Hall–Kier alpha value is -1.95. The molecular formula is C16H21N3O3. The van der Waals surface area contributed by atoms with E-state index >= 15 is 0 Å². The smallest absolute Gasteiger partial charge is 0.317 e. The van der Waals surface area contributed by atoms with Crippen molar-refractivity contribution in [2.75, 3.05) is 33.0 Å². The Balaban J connectivity index is 1.45. The van der Waals surface area contributed by atoms with Gasteiger partial charge in [0.05, 0.1) is 0 Å². The van der Waals surface area contributed by atoms with Gasteiger partial charge in [-0.2, -0.15) is 0 Å². The van der Waals surface area contributed by atoms with Gasteiger partial charge in [-0.15, -0.1) is 0 Å². The Bertz CT molecular complexity index is 578. The fraction of sp³-hybridized carbons (Fsp3) is 0.562. The number of amides is 2. The van der Waals surface area contributed by atoms with Gasteiger partial charge in [0.2, 0.25) is 6.79 Å². The lowest BCUT2D eigenvalue weighted by atomic mass is 10.0. The number of hydrogen-bond acceptors (Lipinski definition) is 4. The SMILES string of the molecule is O=C1NCCN1C1CCCN(Cc2cccc3c2OCO3)C1. The minimum absolute atomic E-state index is 0.0872. The Morgan fingerprint density at radius 2 is 2.23 bits per heavy atom. The molecule has 0 radical (unpaired) electrons. The number of ether oxygens (including phenoxy) is 2. The second-order valence-corrected chi connectivity index (χ2v) is 6.11. The average Bonchev–Trinajstić information content (AvgIpc) is 3.17. The van der Waals surface area contributed by atoms with Crippen LogP contribution in [0.2, 0.25) is 0 Å². The van der Waals surface area contributed by atoms with Crippen molar-refractivity contribution in [3.63, 3.8) is 0 Å². The van der Waals surface area contributed by atoms with E-state index in [0.29, 0.717) is 12.8 Å². The normalized spacial score (nSPS) is 24.6. The summed E-state index contributed by atoms with van der Waals surface area (Å²) < 4.78 is 11.0. The molecule has 1 N–H and O–H groups in total. The van der Waals surface area contributed by atoms with Gasteiger partial charge >= 0.3 is 6.03 Å². The van der Waals surface area contributed by atoms with E-state index in [0.717, 1.165) is 57.1 Å². The molecule has 1 atom stereocenters. The highest BCUT2D eigenvalue weighted by Gasteiger charge is 2.31. The van der Waals surface area contributed by atoms with Gasteiger partial charge in [0.1, 0.15) is 0 Å². The van der Waals surface area contributed by atoms with E-state index in [1.165, 1.54) is 5.56 Å². The van der Waals surface area contributed by atoms with E-state index in [2.05, 4.69) is 16.3 Å². The monoisotopic (exact) mass is 303 g/mol. The zero-order valence-corrected chi connectivity index (χ0v) is 12.6. The number of nitrogens with zero attached hydrogens (tertiary/aromatic N) is 2. The van der Waals surface area contributed by atoms with Gasteiger partial charge in [0.25, 0.3) is 0 Å². The maximum atomic E-state index is 11.9. The number of carbonyl (C=O) groups excluding carboxylic acids is 1. The predicted octanol–water partition coefficient (Wildman–Crippen LogP) is 1.40. The minimum Gasteiger partial charge on any atom is -0.454 e. The van der Waals surface area contributed by atoms with Crippen LogP contribution in [0.5, 0.6) is 11.5 Å². The van der Waals surface area contributed by atoms with Gasteiger partial charge in [-0.3, -0.25) is 4.90 Å². The van der Waals surface area contributed by atoms with Crippen LogP contribution >= 0.6 is 0 Å².